The lowest BCUT2D eigenvalue weighted by Gasteiger charge is -2.21. The first-order chi connectivity index (χ1) is 24.3. The minimum atomic E-state index is -5.02. The van der Waals surface area contributed by atoms with Crippen molar-refractivity contribution in [1.82, 2.24) is 20.3 Å². The van der Waals surface area contributed by atoms with Gasteiger partial charge in [-0.15, -0.1) is 9.45 Å². The van der Waals surface area contributed by atoms with Crippen LogP contribution in [-0.2, 0) is 29.3 Å². The van der Waals surface area contributed by atoms with Gasteiger partial charge in [-0.2, -0.15) is 28.5 Å². The maximum absolute atomic E-state index is 12.5. The van der Waals surface area contributed by atoms with Crippen LogP contribution in [0.25, 0.3) is 10.8 Å². The van der Waals surface area contributed by atoms with E-state index in [1.54, 1.807) is 11.9 Å². The number of phenols is 1. The van der Waals surface area contributed by atoms with Gasteiger partial charge in [0, 0.05) is 29.1 Å². The summed E-state index contributed by atoms with van der Waals surface area (Å²) in [7, 11) is -6.97. The number of hydrogen-bond acceptors (Lipinski definition) is 17. The predicted molar refractivity (Wildman–Crippen MR) is 190 cm³/mol. The van der Waals surface area contributed by atoms with Gasteiger partial charge in [0.1, 0.15) is 10.6 Å². The number of benzene rings is 4. The maximum atomic E-state index is 12.5. The van der Waals surface area contributed by atoms with Crippen LogP contribution < -0.4 is 15.5 Å². The van der Waals surface area contributed by atoms with Gasteiger partial charge in [-0.05, 0) is 85.6 Å². The van der Waals surface area contributed by atoms with Crippen LogP contribution in [0.15, 0.2) is 97.7 Å². The van der Waals surface area contributed by atoms with Gasteiger partial charge in [-0.1, -0.05) is 23.2 Å². The van der Waals surface area contributed by atoms with E-state index in [1.807, 2.05) is 37.3 Å². The Hall–Kier alpha value is -4.51. The molecular weight excluding hydrogens is 748 g/mol. The number of nitrogens with one attached hydrogen (secondary N) is 2. The Morgan fingerprint density at radius 3 is 2.35 bits per heavy atom. The molecule has 0 fully saturated rings. The van der Waals surface area contributed by atoms with Crippen molar-refractivity contribution in [3.05, 3.63) is 78.1 Å². The Morgan fingerprint density at radius 1 is 0.980 bits per heavy atom. The molecule has 1 heterocycles. The third kappa shape index (κ3) is 9.05. The molecule has 1 aromatic heterocycles. The Balaban J connectivity index is 1.62. The summed E-state index contributed by atoms with van der Waals surface area (Å²) in [6.07, 6.45) is 0. The van der Waals surface area contributed by atoms with Gasteiger partial charge in [0.25, 0.3) is 10.1 Å². The Kier molecular flexibility index (Phi) is 12.0. The highest BCUT2D eigenvalue weighted by Crippen LogP contribution is 2.46. The van der Waals surface area contributed by atoms with Crippen LogP contribution in [0.1, 0.15) is 6.92 Å². The normalized spacial score (nSPS) is 12.1. The van der Waals surface area contributed by atoms with E-state index in [1.165, 1.54) is 36.4 Å². The number of aromatic hydroxyl groups is 1. The first kappa shape index (κ1) is 37.7. The van der Waals surface area contributed by atoms with Gasteiger partial charge in [0.05, 0.1) is 34.1 Å². The molecule has 0 aliphatic heterocycles. The Morgan fingerprint density at radius 2 is 1.71 bits per heavy atom. The highest BCUT2D eigenvalue weighted by Gasteiger charge is 2.25. The molecule has 0 saturated heterocycles. The molecule has 5 aromatic rings. The van der Waals surface area contributed by atoms with Crippen LogP contribution in [-0.4, -0.2) is 72.6 Å². The summed E-state index contributed by atoms with van der Waals surface area (Å²) in [5, 5.41) is 37.5. The molecule has 5 N–H and O–H groups in total. The molecule has 51 heavy (non-hydrogen) atoms. The van der Waals surface area contributed by atoms with E-state index in [9.17, 15) is 26.5 Å². The number of hydrogen-bond donors (Lipinski definition) is 5. The molecule has 0 amide bonds. The zero-order valence-corrected chi connectivity index (χ0v) is 29.8. The van der Waals surface area contributed by atoms with Crippen LogP contribution in [0.2, 0.25) is 5.28 Å². The van der Waals surface area contributed by atoms with Crippen LogP contribution in [0.5, 0.6) is 5.75 Å². The number of rotatable bonds is 15. The van der Waals surface area contributed by atoms with E-state index >= 15 is 0 Å². The molecule has 5 rings (SSSR count). The fourth-order valence-electron chi connectivity index (χ4n) is 4.82. The van der Waals surface area contributed by atoms with Crippen molar-refractivity contribution in [2.75, 3.05) is 36.1 Å². The minimum Gasteiger partial charge on any atom is -0.505 e. The van der Waals surface area contributed by atoms with Crippen molar-refractivity contribution < 1.29 is 41.1 Å². The molecule has 0 radical (unpaired) electrons. The summed E-state index contributed by atoms with van der Waals surface area (Å²) in [5.41, 5.74) is 0.318. The minimum absolute atomic E-state index is 0.0231. The summed E-state index contributed by atoms with van der Waals surface area (Å²) < 4.78 is 64.8. The lowest BCUT2D eigenvalue weighted by Crippen LogP contribution is -2.19. The monoisotopic (exact) mass is 776 g/mol. The van der Waals surface area contributed by atoms with Crippen LogP contribution in [0, 0.1) is 0 Å². The van der Waals surface area contributed by atoms with E-state index in [0.29, 0.717) is 18.6 Å². The van der Waals surface area contributed by atoms with E-state index in [-0.39, 0.29) is 61.4 Å². The second-order valence-electron chi connectivity index (χ2n) is 10.4. The van der Waals surface area contributed by atoms with Crippen LogP contribution >= 0.6 is 23.6 Å². The zero-order valence-electron chi connectivity index (χ0n) is 26.6. The number of azo groups is 1. The smallest absolute Gasteiger partial charge is 0.296 e. The number of nitrogens with zero attached hydrogens (tertiary/aromatic N) is 6. The highest BCUT2D eigenvalue weighted by atomic mass is 35.5. The first-order valence-corrected chi connectivity index (χ1v) is 18.9. The lowest BCUT2D eigenvalue weighted by molar-refractivity contribution is -0.432. The summed E-state index contributed by atoms with van der Waals surface area (Å²) in [4.78, 5) is 14.1. The lowest BCUT2D eigenvalue weighted by atomic mass is 10.1. The number of fused-ring (bicyclic) bond motifs is 1. The number of anilines is 4. The molecule has 4 aromatic carbocycles. The molecule has 17 nitrogen and oxygen atoms in total. The van der Waals surface area contributed by atoms with Crippen LogP contribution in [0.4, 0.5) is 34.6 Å². The molecule has 268 valence electrons. The average Bonchev–Trinajstić information content (AvgIpc) is 3.09. The largest absolute Gasteiger partial charge is 0.505 e. The number of sulfone groups is 1. The topological polar surface area (TPSA) is 238 Å². The van der Waals surface area contributed by atoms with Gasteiger partial charge < -0.3 is 20.6 Å². The van der Waals surface area contributed by atoms with Crippen molar-refractivity contribution >= 4 is 89.0 Å². The first-order valence-electron chi connectivity index (χ1n) is 14.7. The van der Waals surface area contributed by atoms with E-state index < -0.39 is 36.3 Å². The van der Waals surface area contributed by atoms with E-state index in [4.69, 9.17) is 16.9 Å². The molecule has 0 spiro atoms. The molecule has 0 atom stereocenters. The highest BCUT2D eigenvalue weighted by molar-refractivity contribution is 7.94. The molecule has 21 heteroatoms. The fourth-order valence-corrected chi connectivity index (χ4v) is 7.34. The number of halogens is 1. The van der Waals surface area contributed by atoms with Gasteiger partial charge >= 0.3 is 0 Å². The molecule has 0 aliphatic rings. The fraction of sp³-hybridized carbons (Fsp3) is 0.167. The van der Waals surface area contributed by atoms with E-state index in [2.05, 4.69) is 45.2 Å². The van der Waals surface area contributed by atoms with Gasteiger partial charge in [-0.25, -0.2) is 13.7 Å². The third-order valence-electron chi connectivity index (χ3n) is 7.11. The summed E-state index contributed by atoms with van der Waals surface area (Å²) in [6.45, 7) is 2.59. The van der Waals surface area contributed by atoms with Crippen molar-refractivity contribution in [3.8, 4) is 5.75 Å². The average molecular weight is 777 g/mol. The molecule has 0 aliphatic carbocycles. The summed E-state index contributed by atoms with van der Waals surface area (Å²) >= 11 is 6.83. The molecule has 0 unspecified atom stereocenters. The number of aromatic nitrogens is 3. The quantitative estimate of drug-likeness (QED) is 0.0255. The molecular formula is C30H29ClN8O9S3. The summed E-state index contributed by atoms with van der Waals surface area (Å²) in [6, 6.07) is 18.4. The zero-order chi connectivity index (χ0) is 36.8. The van der Waals surface area contributed by atoms with Crippen molar-refractivity contribution in [3.63, 3.8) is 0 Å². The van der Waals surface area contributed by atoms with Crippen molar-refractivity contribution in [2.24, 2.45) is 10.2 Å². The van der Waals surface area contributed by atoms with Crippen LogP contribution in [0.3, 0.4) is 0 Å². The molecule has 0 saturated carbocycles. The Bertz CT molecular complexity index is 2290. The van der Waals surface area contributed by atoms with Gasteiger partial charge in [0.2, 0.25) is 17.2 Å². The number of phenolic OH excluding ortho intramolecular Hbond substituents is 1. The third-order valence-corrected chi connectivity index (χ3v) is 10.4. The Labute approximate surface area is 301 Å². The summed E-state index contributed by atoms with van der Waals surface area (Å²) in [5.74, 6) is -0.752. The predicted octanol–water partition coefficient (Wildman–Crippen LogP) is 6.37. The van der Waals surface area contributed by atoms with E-state index in [0.717, 1.165) is 11.8 Å². The number of para-hydroxylation sites is 1. The second-order valence-corrected chi connectivity index (χ2v) is 15.0. The molecule has 0 bridgehead atoms. The SMILES string of the molecule is CCN(c1ccccc1)c1nc(Cl)nc(Nc2cc(SOOO)cc3cc(S(=O)(=O)O)c(N=Nc4ccc(S(=O)(=O)CCNC)cc4)c(O)c23)n1. The van der Waals surface area contributed by atoms with Gasteiger partial charge in [0.15, 0.2) is 15.6 Å². The maximum Gasteiger partial charge on any atom is 0.296 e. The standard InChI is InChI=1S/C30H29ClN8O9S3/c1-3-39(20-7-5-4-6-8-20)30-35-28(31)34-29(36-30)33-23-17-21(49-48-47-41)15-18-16-24(51(44,45)46)26(27(40)25(18)23)38-37-19-9-11-22(12-10-19)50(42,43)14-13-32-2/h4-12,15-17,32,40-41H,3,13-14H2,1-2H3,(H,44,45,46)(H,33,34,35,36). The van der Waals surface area contributed by atoms with Crippen molar-refractivity contribution in [1.29, 1.82) is 0 Å². The van der Waals surface area contributed by atoms with Crippen molar-refractivity contribution in [2.45, 2.75) is 21.6 Å². The second kappa shape index (κ2) is 16.2. The van der Waals surface area contributed by atoms with Gasteiger partial charge in [-0.3, -0.25) is 4.55 Å².